The summed E-state index contributed by atoms with van der Waals surface area (Å²) in [5, 5.41) is 2.73. The van der Waals surface area contributed by atoms with E-state index >= 15 is 0 Å². The number of methoxy groups -OCH3 is 1. The Morgan fingerprint density at radius 2 is 1.90 bits per heavy atom. The van der Waals surface area contributed by atoms with Gasteiger partial charge in [0, 0.05) is 29.9 Å². The van der Waals surface area contributed by atoms with Gasteiger partial charge in [-0.05, 0) is 18.2 Å². The van der Waals surface area contributed by atoms with Gasteiger partial charge in [-0.1, -0.05) is 18.2 Å². The minimum Gasteiger partial charge on any atom is -0.491 e. The van der Waals surface area contributed by atoms with E-state index in [1.54, 1.807) is 13.4 Å². The lowest BCUT2D eigenvalue weighted by Gasteiger charge is -2.21. The molecule has 8 nitrogen and oxygen atoms in total. The number of nitrogens with zero attached hydrogens (tertiary/aromatic N) is 3. The Labute approximate surface area is 165 Å². The molecule has 0 saturated heterocycles. The van der Waals surface area contributed by atoms with E-state index in [1.807, 2.05) is 48.3 Å². The highest BCUT2D eigenvalue weighted by atomic mass is 16.5. The number of ether oxygens (including phenoxy) is 1. The summed E-state index contributed by atoms with van der Waals surface area (Å²) in [4.78, 5) is 10.2. The fraction of sp³-hybridized carbons (Fsp3) is 0.143. The van der Waals surface area contributed by atoms with Gasteiger partial charge in [0.1, 0.15) is 11.4 Å². The van der Waals surface area contributed by atoms with Crippen LogP contribution in [0.2, 0.25) is 0 Å². The molecule has 0 unspecified atom stereocenters. The molecule has 8 heteroatoms. The lowest BCUT2D eigenvalue weighted by Crippen LogP contribution is -2.17. The van der Waals surface area contributed by atoms with E-state index in [4.69, 9.17) is 25.0 Å². The number of aromatic nitrogens is 2. The smallest absolute Gasteiger partial charge is 0.233 e. The SMILES string of the molecule is COc1c(N(C)Cc2coc3nc(N)nc(N)c23)ccc2c1oc1ccccc12. The van der Waals surface area contributed by atoms with E-state index in [9.17, 15) is 0 Å². The molecule has 29 heavy (non-hydrogen) atoms. The average molecular weight is 389 g/mol. The number of benzene rings is 2. The van der Waals surface area contributed by atoms with Crippen molar-refractivity contribution in [2.24, 2.45) is 0 Å². The summed E-state index contributed by atoms with van der Waals surface area (Å²) in [6, 6.07) is 12.0. The Bertz CT molecular complexity index is 1370. The third-order valence-electron chi connectivity index (χ3n) is 5.06. The van der Waals surface area contributed by atoms with Crippen LogP contribution in [0.5, 0.6) is 5.75 Å². The number of furan rings is 2. The van der Waals surface area contributed by atoms with Crippen molar-refractivity contribution in [3.05, 3.63) is 48.2 Å². The summed E-state index contributed by atoms with van der Waals surface area (Å²) in [6.45, 7) is 0.507. The molecule has 0 fully saturated rings. The summed E-state index contributed by atoms with van der Waals surface area (Å²) in [7, 11) is 3.60. The van der Waals surface area contributed by atoms with Crippen molar-refractivity contribution in [1.29, 1.82) is 0 Å². The molecule has 5 rings (SSSR count). The maximum Gasteiger partial charge on any atom is 0.233 e. The van der Waals surface area contributed by atoms with Gasteiger partial charge in [0.2, 0.25) is 11.7 Å². The second-order valence-electron chi connectivity index (χ2n) is 6.86. The van der Waals surface area contributed by atoms with E-state index in [2.05, 4.69) is 9.97 Å². The van der Waals surface area contributed by atoms with Crippen LogP contribution in [0.4, 0.5) is 17.5 Å². The van der Waals surface area contributed by atoms with Gasteiger partial charge < -0.3 is 29.9 Å². The molecule has 0 bridgehead atoms. The third kappa shape index (κ3) is 2.60. The molecule has 3 aromatic heterocycles. The quantitative estimate of drug-likeness (QED) is 0.475. The highest BCUT2D eigenvalue weighted by Gasteiger charge is 2.20. The van der Waals surface area contributed by atoms with Crippen LogP contribution in [0.15, 0.2) is 51.5 Å². The van der Waals surface area contributed by atoms with Crippen LogP contribution >= 0.6 is 0 Å². The molecule has 0 atom stereocenters. The van der Waals surface area contributed by atoms with Crippen LogP contribution < -0.4 is 21.1 Å². The second-order valence-corrected chi connectivity index (χ2v) is 6.86. The molecule has 0 radical (unpaired) electrons. The van der Waals surface area contributed by atoms with E-state index < -0.39 is 0 Å². The molecule has 0 saturated carbocycles. The van der Waals surface area contributed by atoms with E-state index in [0.29, 0.717) is 34.8 Å². The lowest BCUT2D eigenvalue weighted by molar-refractivity contribution is 0.412. The minimum atomic E-state index is 0.0845. The topological polar surface area (TPSA) is 117 Å². The van der Waals surface area contributed by atoms with Crippen LogP contribution in [-0.2, 0) is 6.54 Å². The van der Waals surface area contributed by atoms with Gasteiger partial charge in [-0.15, -0.1) is 0 Å². The molecule has 146 valence electrons. The van der Waals surface area contributed by atoms with Crippen LogP contribution in [0.3, 0.4) is 0 Å². The highest BCUT2D eigenvalue weighted by molar-refractivity contribution is 6.08. The molecule has 2 aromatic carbocycles. The number of hydrogen-bond acceptors (Lipinski definition) is 8. The summed E-state index contributed by atoms with van der Waals surface area (Å²) < 4.78 is 17.3. The third-order valence-corrected chi connectivity index (χ3v) is 5.06. The van der Waals surface area contributed by atoms with E-state index in [1.165, 1.54) is 0 Å². The number of hydrogen-bond donors (Lipinski definition) is 2. The first-order chi connectivity index (χ1) is 14.1. The van der Waals surface area contributed by atoms with Gasteiger partial charge in [0.05, 0.1) is 24.4 Å². The van der Waals surface area contributed by atoms with Crippen molar-refractivity contribution in [3.63, 3.8) is 0 Å². The van der Waals surface area contributed by atoms with Crippen molar-refractivity contribution < 1.29 is 13.6 Å². The highest BCUT2D eigenvalue weighted by Crippen LogP contribution is 2.41. The Morgan fingerprint density at radius 3 is 2.72 bits per heavy atom. The van der Waals surface area contributed by atoms with Crippen LogP contribution in [0.1, 0.15) is 5.56 Å². The first kappa shape index (κ1) is 17.2. The summed E-state index contributed by atoms with van der Waals surface area (Å²) in [5.41, 5.74) is 15.3. The zero-order valence-electron chi connectivity index (χ0n) is 16.0. The van der Waals surface area contributed by atoms with Gasteiger partial charge >= 0.3 is 0 Å². The predicted molar refractivity (Wildman–Crippen MR) is 113 cm³/mol. The number of para-hydroxylation sites is 1. The zero-order chi connectivity index (χ0) is 20.1. The van der Waals surface area contributed by atoms with E-state index in [0.717, 1.165) is 27.6 Å². The average Bonchev–Trinajstić information content (AvgIpc) is 3.28. The van der Waals surface area contributed by atoms with Crippen molar-refractivity contribution in [3.8, 4) is 5.75 Å². The van der Waals surface area contributed by atoms with Gasteiger partial charge in [-0.25, -0.2) is 0 Å². The van der Waals surface area contributed by atoms with E-state index in [-0.39, 0.29) is 5.95 Å². The summed E-state index contributed by atoms with van der Waals surface area (Å²) in [6.07, 6.45) is 1.62. The van der Waals surface area contributed by atoms with Gasteiger partial charge in [-0.2, -0.15) is 9.97 Å². The molecular weight excluding hydrogens is 370 g/mol. The van der Waals surface area contributed by atoms with Crippen LogP contribution in [0.25, 0.3) is 33.0 Å². The molecule has 0 spiro atoms. The molecule has 0 aliphatic heterocycles. The minimum absolute atomic E-state index is 0.0845. The number of nitrogens with two attached hydrogens (primary N) is 2. The molecule has 0 aliphatic rings. The molecule has 0 amide bonds. The fourth-order valence-corrected chi connectivity index (χ4v) is 3.76. The van der Waals surface area contributed by atoms with Gasteiger partial charge in [0.15, 0.2) is 11.3 Å². The Hall–Kier alpha value is -3.94. The largest absolute Gasteiger partial charge is 0.491 e. The number of rotatable bonds is 4. The van der Waals surface area contributed by atoms with Crippen molar-refractivity contribution in [2.45, 2.75) is 6.54 Å². The standard InChI is InChI=1S/C21H19N5O3/c1-26(9-11-10-28-20-16(11)19(22)24-21(23)25-20)14-8-7-13-12-5-3-4-6-15(12)29-17(13)18(14)27-2/h3-8,10H,9H2,1-2H3,(H4,22,23,24,25). The normalized spacial score (nSPS) is 11.5. The van der Waals surface area contributed by atoms with Crippen molar-refractivity contribution >= 4 is 50.5 Å². The number of anilines is 3. The number of nitrogen functional groups attached to an aromatic ring is 2. The first-order valence-electron chi connectivity index (χ1n) is 9.05. The first-order valence-corrected chi connectivity index (χ1v) is 9.05. The maximum atomic E-state index is 6.08. The van der Waals surface area contributed by atoms with Gasteiger partial charge in [-0.3, -0.25) is 0 Å². The zero-order valence-corrected chi connectivity index (χ0v) is 16.0. The Kier molecular flexibility index (Phi) is 3.73. The van der Waals surface area contributed by atoms with Crippen LogP contribution in [-0.4, -0.2) is 24.1 Å². The van der Waals surface area contributed by atoms with Gasteiger partial charge in [0.25, 0.3) is 0 Å². The van der Waals surface area contributed by atoms with Crippen molar-refractivity contribution in [1.82, 2.24) is 9.97 Å². The number of fused-ring (bicyclic) bond motifs is 4. The lowest BCUT2D eigenvalue weighted by atomic mass is 10.1. The molecule has 4 N–H and O–H groups in total. The fourth-order valence-electron chi connectivity index (χ4n) is 3.76. The Balaban J connectivity index is 1.59. The molecule has 0 aliphatic carbocycles. The van der Waals surface area contributed by atoms with Crippen molar-refractivity contribution in [2.75, 3.05) is 30.5 Å². The molecule has 3 heterocycles. The summed E-state index contributed by atoms with van der Waals surface area (Å²) >= 11 is 0. The molecular formula is C21H19N5O3. The second kappa shape index (κ2) is 6.30. The maximum absolute atomic E-state index is 6.08. The molecule has 5 aromatic rings. The van der Waals surface area contributed by atoms with Crippen LogP contribution in [0, 0.1) is 0 Å². The summed E-state index contributed by atoms with van der Waals surface area (Å²) in [5.74, 6) is 1.05. The predicted octanol–water partition coefficient (Wildman–Crippen LogP) is 3.93. The Morgan fingerprint density at radius 1 is 1.07 bits per heavy atom. The monoisotopic (exact) mass is 389 g/mol.